The van der Waals surface area contributed by atoms with E-state index in [2.05, 4.69) is 21.0 Å². The van der Waals surface area contributed by atoms with E-state index in [-0.39, 0.29) is 17.6 Å². The molecule has 9 heteroatoms. The maximum atomic E-state index is 11.8. The van der Waals surface area contributed by atoms with Crippen molar-refractivity contribution in [1.29, 1.82) is 0 Å². The number of aryl methyl sites for hydroxylation is 1. The Morgan fingerprint density at radius 2 is 1.79 bits per heavy atom. The van der Waals surface area contributed by atoms with E-state index in [1.54, 1.807) is 30.3 Å². The number of hydrogen-bond donors (Lipinski definition) is 2. The summed E-state index contributed by atoms with van der Waals surface area (Å²) in [6.45, 7) is 2.13. The van der Waals surface area contributed by atoms with Gasteiger partial charge < -0.3 is 9.15 Å². The van der Waals surface area contributed by atoms with Crippen molar-refractivity contribution in [1.82, 2.24) is 21.0 Å². The van der Waals surface area contributed by atoms with Crippen LogP contribution in [-0.2, 0) is 11.4 Å². The molecule has 2 amide bonds. The highest BCUT2D eigenvalue weighted by atomic mass is 32.2. The highest BCUT2D eigenvalue weighted by Gasteiger charge is 2.11. The predicted octanol–water partition coefficient (Wildman–Crippen LogP) is 2.51. The van der Waals surface area contributed by atoms with Gasteiger partial charge in [-0.15, -0.1) is 10.2 Å². The molecule has 0 aliphatic carbocycles. The number of rotatable bonds is 7. The number of aromatic nitrogens is 2. The lowest BCUT2D eigenvalue weighted by Crippen LogP contribution is -2.42. The lowest BCUT2D eigenvalue weighted by molar-refractivity contribution is -0.119. The Morgan fingerprint density at radius 3 is 2.54 bits per heavy atom. The van der Waals surface area contributed by atoms with Gasteiger partial charge in [0, 0.05) is 5.56 Å². The Hall–Kier alpha value is -3.33. The fraction of sp³-hybridized carbons (Fsp3) is 0.158. The molecular formula is C19H18N4O4S. The van der Waals surface area contributed by atoms with Crippen LogP contribution in [0, 0.1) is 6.92 Å². The molecule has 144 valence electrons. The van der Waals surface area contributed by atoms with E-state index < -0.39 is 11.8 Å². The van der Waals surface area contributed by atoms with E-state index in [0.717, 1.165) is 17.3 Å². The Balaban J connectivity index is 1.39. The number of hydrazine groups is 1. The normalized spacial score (nSPS) is 10.3. The Kier molecular flexibility index (Phi) is 6.64. The molecular weight excluding hydrogens is 380 g/mol. The molecule has 0 unspecified atom stereocenters. The van der Waals surface area contributed by atoms with Gasteiger partial charge in [-0.2, -0.15) is 0 Å². The summed E-state index contributed by atoms with van der Waals surface area (Å²) in [6, 6.07) is 16.2. The molecule has 0 atom stereocenters. The van der Waals surface area contributed by atoms with Gasteiger partial charge in [0.05, 0.1) is 5.75 Å². The summed E-state index contributed by atoms with van der Waals surface area (Å²) in [7, 11) is 0. The van der Waals surface area contributed by atoms with Crippen LogP contribution in [0.3, 0.4) is 0 Å². The molecule has 0 spiro atoms. The van der Waals surface area contributed by atoms with Gasteiger partial charge in [0.25, 0.3) is 17.0 Å². The van der Waals surface area contributed by atoms with Crippen molar-refractivity contribution in [3.8, 4) is 5.75 Å². The number of thioether (sulfide) groups is 1. The number of ether oxygens (including phenoxy) is 1. The summed E-state index contributed by atoms with van der Waals surface area (Å²) in [6.07, 6.45) is 0. The van der Waals surface area contributed by atoms with Crippen molar-refractivity contribution < 1.29 is 18.7 Å². The summed E-state index contributed by atoms with van der Waals surface area (Å²) in [5.41, 5.74) is 6.27. The molecule has 0 saturated heterocycles. The minimum absolute atomic E-state index is 0.00945. The number of nitrogens with one attached hydrogen (secondary N) is 2. The zero-order chi connectivity index (χ0) is 19.8. The number of carbonyl (C=O) groups is 2. The summed E-state index contributed by atoms with van der Waals surface area (Å²) in [5, 5.41) is 7.98. The standard InChI is InChI=1S/C19H18N4O4S/c1-13-7-9-15(10-8-13)26-11-17-21-23-19(27-17)28-12-16(24)20-22-18(25)14-5-3-2-4-6-14/h2-10H,11-12H2,1H3,(H,20,24)(H,22,25). The number of amides is 2. The molecule has 2 N–H and O–H groups in total. The number of nitrogens with zero attached hydrogens (tertiary/aromatic N) is 2. The van der Waals surface area contributed by atoms with Crippen LogP contribution in [-0.4, -0.2) is 27.8 Å². The molecule has 1 aromatic heterocycles. The second-order valence-corrected chi connectivity index (χ2v) is 6.65. The van der Waals surface area contributed by atoms with Crippen molar-refractivity contribution >= 4 is 23.6 Å². The van der Waals surface area contributed by atoms with Crippen LogP contribution >= 0.6 is 11.8 Å². The Bertz CT molecular complexity index is 929. The van der Waals surface area contributed by atoms with Gasteiger partial charge >= 0.3 is 0 Å². The molecule has 2 aromatic carbocycles. The Morgan fingerprint density at radius 1 is 1.04 bits per heavy atom. The van der Waals surface area contributed by atoms with Gasteiger partial charge in [-0.3, -0.25) is 20.4 Å². The zero-order valence-electron chi connectivity index (χ0n) is 15.0. The monoisotopic (exact) mass is 398 g/mol. The topological polar surface area (TPSA) is 106 Å². The largest absolute Gasteiger partial charge is 0.484 e. The van der Waals surface area contributed by atoms with E-state index in [0.29, 0.717) is 17.2 Å². The maximum absolute atomic E-state index is 11.8. The third kappa shape index (κ3) is 5.85. The molecule has 0 saturated carbocycles. The van der Waals surface area contributed by atoms with E-state index in [1.807, 2.05) is 31.2 Å². The smallest absolute Gasteiger partial charge is 0.277 e. The Labute approximate surface area is 165 Å². The van der Waals surface area contributed by atoms with Crippen LogP contribution < -0.4 is 15.6 Å². The van der Waals surface area contributed by atoms with Crippen molar-refractivity contribution in [2.45, 2.75) is 18.8 Å². The summed E-state index contributed by atoms with van der Waals surface area (Å²) < 4.78 is 11.0. The van der Waals surface area contributed by atoms with Crippen LogP contribution in [0.15, 0.2) is 64.2 Å². The first-order valence-corrected chi connectivity index (χ1v) is 9.37. The average Bonchev–Trinajstić information content (AvgIpc) is 3.18. The molecule has 0 radical (unpaired) electrons. The average molecular weight is 398 g/mol. The summed E-state index contributed by atoms with van der Waals surface area (Å²) >= 11 is 1.06. The van der Waals surface area contributed by atoms with Crippen LogP contribution in [0.5, 0.6) is 5.75 Å². The van der Waals surface area contributed by atoms with Crippen LogP contribution in [0.4, 0.5) is 0 Å². The van der Waals surface area contributed by atoms with Crippen molar-refractivity contribution in [3.05, 3.63) is 71.6 Å². The number of benzene rings is 2. The first-order valence-electron chi connectivity index (χ1n) is 8.39. The minimum atomic E-state index is -0.398. The van der Waals surface area contributed by atoms with E-state index in [1.165, 1.54) is 0 Å². The molecule has 28 heavy (non-hydrogen) atoms. The van der Waals surface area contributed by atoms with Gasteiger partial charge in [0.1, 0.15) is 5.75 Å². The van der Waals surface area contributed by atoms with Gasteiger partial charge in [0.2, 0.25) is 5.91 Å². The molecule has 8 nitrogen and oxygen atoms in total. The first-order chi connectivity index (χ1) is 13.6. The molecule has 0 fully saturated rings. The summed E-state index contributed by atoms with van der Waals surface area (Å²) in [5.74, 6) is 0.222. The number of carbonyl (C=O) groups excluding carboxylic acids is 2. The van der Waals surface area contributed by atoms with Gasteiger partial charge in [0.15, 0.2) is 6.61 Å². The minimum Gasteiger partial charge on any atom is -0.484 e. The van der Waals surface area contributed by atoms with Crippen LogP contribution in [0.2, 0.25) is 0 Å². The lowest BCUT2D eigenvalue weighted by atomic mass is 10.2. The molecule has 0 aliphatic heterocycles. The SMILES string of the molecule is Cc1ccc(OCc2nnc(SCC(=O)NNC(=O)c3ccccc3)o2)cc1. The number of hydrogen-bond acceptors (Lipinski definition) is 7. The fourth-order valence-corrected chi connectivity index (χ4v) is 2.67. The fourth-order valence-electron chi connectivity index (χ4n) is 2.09. The van der Waals surface area contributed by atoms with E-state index >= 15 is 0 Å². The third-order valence-corrected chi connectivity index (χ3v) is 4.33. The molecule has 0 aliphatic rings. The highest BCUT2D eigenvalue weighted by Crippen LogP contribution is 2.17. The quantitative estimate of drug-likeness (QED) is 0.465. The van der Waals surface area contributed by atoms with Crippen LogP contribution in [0.1, 0.15) is 21.8 Å². The van der Waals surface area contributed by atoms with Crippen molar-refractivity contribution in [3.63, 3.8) is 0 Å². The molecule has 3 rings (SSSR count). The predicted molar refractivity (Wildman–Crippen MR) is 103 cm³/mol. The van der Waals surface area contributed by atoms with Crippen molar-refractivity contribution in [2.24, 2.45) is 0 Å². The van der Waals surface area contributed by atoms with Crippen molar-refractivity contribution in [2.75, 3.05) is 5.75 Å². The van der Waals surface area contributed by atoms with Gasteiger partial charge in [-0.25, -0.2) is 0 Å². The molecule has 0 bridgehead atoms. The third-order valence-electron chi connectivity index (χ3n) is 3.51. The van der Waals surface area contributed by atoms with E-state index in [4.69, 9.17) is 9.15 Å². The van der Waals surface area contributed by atoms with E-state index in [9.17, 15) is 9.59 Å². The molecule has 3 aromatic rings. The zero-order valence-corrected chi connectivity index (χ0v) is 15.9. The lowest BCUT2D eigenvalue weighted by Gasteiger charge is -2.06. The van der Waals surface area contributed by atoms with Crippen LogP contribution in [0.25, 0.3) is 0 Å². The summed E-state index contributed by atoms with van der Waals surface area (Å²) in [4.78, 5) is 23.7. The maximum Gasteiger partial charge on any atom is 0.277 e. The second kappa shape index (κ2) is 9.56. The highest BCUT2D eigenvalue weighted by molar-refractivity contribution is 7.99. The molecule has 1 heterocycles. The second-order valence-electron chi connectivity index (χ2n) is 5.72. The first kappa shape index (κ1) is 19.4. The van der Waals surface area contributed by atoms with Gasteiger partial charge in [-0.1, -0.05) is 47.7 Å². The van der Waals surface area contributed by atoms with Gasteiger partial charge in [-0.05, 0) is 31.2 Å².